The van der Waals surface area contributed by atoms with E-state index in [4.69, 9.17) is 9.47 Å². The van der Waals surface area contributed by atoms with Crippen molar-refractivity contribution in [3.63, 3.8) is 0 Å². The lowest BCUT2D eigenvalue weighted by Gasteiger charge is -2.62. The van der Waals surface area contributed by atoms with E-state index in [-0.39, 0.29) is 22.9 Å². The molecule has 2 rings (SSSR count). The largest absolute Gasteiger partial charge is 0.347 e. The first kappa shape index (κ1) is 17.5. The lowest BCUT2D eigenvalue weighted by atomic mass is 9.66. The predicted octanol–water partition coefficient (Wildman–Crippen LogP) is 3.51. The molecule has 2 aliphatic rings. The van der Waals surface area contributed by atoms with Crippen molar-refractivity contribution in [1.82, 2.24) is 4.90 Å². The topological polar surface area (TPSA) is 38.8 Å². The number of hydrogen-bond donors (Lipinski definition) is 0. The molecule has 2 heterocycles. The number of nitrogens with zero attached hydrogens (tertiary/aromatic N) is 1. The van der Waals surface area contributed by atoms with E-state index in [0.717, 1.165) is 19.3 Å². The highest BCUT2D eigenvalue weighted by molar-refractivity contribution is 5.89. The summed E-state index contributed by atoms with van der Waals surface area (Å²) < 4.78 is 12.2. The van der Waals surface area contributed by atoms with Crippen molar-refractivity contribution in [3.8, 4) is 0 Å². The summed E-state index contributed by atoms with van der Waals surface area (Å²) in [6.07, 6.45) is 6.00. The molecule has 0 aliphatic carbocycles. The molecule has 22 heavy (non-hydrogen) atoms. The molecule has 0 aromatic heterocycles. The van der Waals surface area contributed by atoms with Crippen LogP contribution in [0.2, 0.25) is 0 Å². The average Bonchev–Trinajstić information content (AvgIpc) is 2.94. The lowest BCUT2D eigenvalue weighted by molar-refractivity contribution is -0.274. The molecule has 4 nitrogen and oxygen atoms in total. The van der Waals surface area contributed by atoms with Crippen molar-refractivity contribution in [2.45, 2.75) is 77.7 Å². The molecule has 4 heteroatoms. The lowest BCUT2D eigenvalue weighted by Crippen LogP contribution is -2.73. The maximum atomic E-state index is 12.9. The van der Waals surface area contributed by atoms with Crippen LogP contribution in [-0.4, -0.2) is 40.9 Å². The van der Waals surface area contributed by atoms with E-state index in [2.05, 4.69) is 39.5 Å². The van der Waals surface area contributed by atoms with Gasteiger partial charge in [0.1, 0.15) is 0 Å². The molecule has 0 N–H and O–H groups in total. The van der Waals surface area contributed by atoms with Crippen LogP contribution < -0.4 is 0 Å². The Kier molecular flexibility index (Phi) is 4.74. The number of allylic oxidation sites excluding steroid dienone is 1. The molecule has 0 aromatic rings. The highest BCUT2D eigenvalue weighted by Crippen LogP contribution is 2.53. The minimum atomic E-state index is -0.553. The summed E-state index contributed by atoms with van der Waals surface area (Å²) in [5.74, 6) is -0.334. The Hall–Kier alpha value is -0.870. The second-order valence-electron chi connectivity index (χ2n) is 7.14. The van der Waals surface area contributed by atoms with E-state index in [1.54, 1.807) is 6.08 Å². The SMILES string of the molecule is C/C=C/C(=O)N1C(C)(CC)CC2(OCCO2)C(C)C1(C)CC. The van der Waals surface area contributed by atoms with Crippen LogP contribution in [0.15, 0.2) is 12.2 Å². The van der Waals surface area contributed by atoms with Crippen molar-refractivity contribution < 1.29 is 14.3 Å². The standard InChI is InChI=1S/C18H31NO3/c1-7-10-15(20)19-16(5,8-2)13-18(21-11-12-22-18)14(4)17(19,6)9-3/h7,10,14H,8-9,11-13H2,1-6H3/b10-7+. The Morgan fingerprint density at radius 2 is 1.82 bits per heavy atom. The van der Waals surface area contributed by atoms with Gasteiger partial charge in [-0.1, -0.05) is 26.8 Å². The summed E-state index contributed by atoms with van der Waals surface area (Å²) in [5.41, 5.74) is -0.553. The van der Waals surface area contributed by atoms with Crippen molar-refractivity contribution in [1.29, 1.82) is 0 Å². The van der Waals surface area contributed by atoms with Gasteiger partial charge in [0.05, 0.1) is 13.2 Å². The van der Waals surface area contributed by atoms with Gasteiger partial charge in [0, 0.05) is 23.4 Å². The number of amides is 1. The Morgan fingerprint density at radius 1 is 1.23 bits per heavy atom. The van der Waals surface area contributed by atoms with Crippen LogP contribution in [0.5, 0.6) is 0 Å². The Morgan fingerprint density at radius 3 is 2.27 bits per heavy atom. The van der Waals surface area contributed by atoms with Crippen LogP contribution in [0, 0.1) is 5.92 Å². The first-order chi connectivity index (χ1) is 10.3. The number of piperidine rings is 1. The molecular formula is C18H31NO3. The molecule has 3 atom stereocenters. The van der Waals surface area contributed by atoms with Crippen LogP contribution in [0.1, 0.15) is 60.8 Å². The Balaban J connectivity index is 2.54. The molecule has 0 saturated carbocycles. The molecule has 3 unspecified atom stereocenters. The molecule has 0 radical (unpaired) electrons. The van der Waals surface area contributed by atoms with Gasteiger partial charge >= 0.3 is 0 Å². The summed E-state index contributed by atoms with van der Waals surface area (Å²) in [4.78, 5) is 15.0. The van der Waals surface area contributed by atoms with Crippen LogP contribution in [0.3, 0.4) is 0 Å². The Labute approximate surface area is 134 Å². The molecule has 2 fully saturated rings. The van der Waals surface area contributed by atoms with Crippen molar-refractivity contribution >= 4 is 5.91 Å². The zero-order valence-electron chi connectivity index (χ0n) is 14.9. The quantitative estimate of drug-likeness (QED) is 0.749. The minimum Gasteiger partial charge on any atom is -0.347 e. The van der Waals surface area contributed by atoms with Gasteiger partial charge in [-0.3, -0.25) is 4.79 Å². The molecule has 1 amide bonds. The van der Waals surface area contributed by atoms with Gasteiger partial charge in [-0.25, -0.2) is 0 Å². The smallest absolute Gasteiger partial charge is 0.247 e. The van der Waals surface area contributed by atoms with E-state index in [0.29, 0.717) is 13.2 Å². The molecule has 2 aliphatic heterocycles. The molecule has 0 aromatic carbocycles. The fourth-order valence-corrected chi connectivity index (χ4v) is 4.35. The molecule has 2 saturated heterocycles. The summed E-state index contributed by atoms with van der Waals surface area (Å²) in [5, 5.41) is 0. The van der Waals surface area contributed by atoms with Crippen molar-refractivity contribution in [2.75, 3.05) is 13.2 Å². The van der Waals surface area contributed by atoms with E-state index in [9.17, 15) is 4.79 Å². The van der Waals surface area contributed by atoms with Crippen LogP contribution in [0.25, 0.3) is 0 Å². The monoisotopic (exact) mass is 309 g/mol. The van der Waals surface area contributed by atoms with Gasteiger partial charge in [0.25, 0.3) is 0 Å². The minimum absolute atomic E-state index is 0.0934. The highest BCUT2D eigenvalue weighted by Gasteiger charge is 2.62. The summed E-state index contributed by atoms with van der Waals surface area (Å²) in [6.45, 7) is 14.0. The number of carbonyl (C=O) groups is 1. The van der Waals surface area contributed by atoms with E-state index in [1.165, 1.54) is 0 Å². The Bertz CT molecular complexity index is 455. The number of hydrogen-bond acceptors (Lipinski definition) is 3. The molecular weight excluding hydrogens is 278 g/mol. The maximum Gasteiger partial charge on any atom is 0.247 e. The average molecular weight is 309 g/mol. The number of rotatable bonds is 3. The molecule has 1 spiro atoms. The third-order valence-corrected chi connectivity index (χ3v) is 6.05. The summed E-state index contributed by atoms with van der Waals surface area (Å²) in [7, 11) is 0. The number of ether oxygens (including phenoxy) is 2. The van der Waals surface area contributed by atoms with Crippen LogP contribution >= 0.6 is 0 Å². The second kappa shape index (κ2) is 5.97. The van der Waals surface area contributed by atoms with Gasteiger partial charge in [-0.05, 0) is 39.7 Å². The summed E-state index contributed by atoms with van der Waals surface area (Å²) >= 11 is 0. The number of carbonyl (C=O) groups excluding carboxylic acids is 1. The highest BCUT2D eigenvalue weighted by atomic mass is 16.7. The first-order valence-corrected chi connectivity index (χ1v) is 8.54. The van der Waals surface area contributed by atoms with Gasteiger partial charge in [-0.15, -0.1) is 0 Å². The molecule has 126 valence electrons. The summed E-state index contributed by atoms with van der Waals surface area (Å²) in [6, 6.07) is 0. The predicted molar refractivity (Wildman–Crippen MR) is 87.5 cm³/mol. The van der Waals surface area contributed by atoms with Crippen LogP contribution in [0.4, 0.5) is 0 Å². The maximum absolute atomic E-state index is 12.9. The fraction of sp³-hybridized carbons (Fsp3) is 0.833. The molecule has 0 bridgehead atoms. The zero-order valence-corrected chi connectivity index (χ0v) is 14.9. The second-order valence-corrected chi connectivity index (χ2v) is 7.14. The third-order valence-electron chi connectivity index (χ3n) is 6.05. The third kappa shape index (κ3) is 2.41. The van der Waals surface area contributed by atoms with Crippen LogP contribution in [-0.2, 0) is 14.3 Å². The first-order valence-electron chi connectivity index (χ1n) is 8.54. The van der Waals surface area contributed by atoms with Gasteiger partial charge in [0.2, 0.25) is 5.91 Å². The van der Waals surface area contributed by atoms with Crippen molar-refractivity contribution in [3.05, 3.63) is 12.2 Å². The van der Waals surface area contributed by atoms with Gasteiger partial charge < -0.3 is 14.4 Å². The van der Waals surface area contributed by atoms with E-state index < -0.39 is 5.79 Å². The van der Waals surface area contributed by atoms with Gasteiger partial charge in [-0.2, -0.15) is 0 Å². The van der Waals surface area contributed by atoms with E-state index >= 15 is 0 Å². The van der Waals surface area contributed by atoms with E-state index in [1.807, 2.05) is 13.0 Å². The van der Waals surface area contributed by atoms with Gasteiger partial charge in [0.15, 0.2) is 5.79 Å². The normalized spacial score (nSPS) is 38.1. The fourth-order valence-electron chi connectivity index (χ4n) is 4.35. The number of likely N-dealkylation sites (tertiary alicyclic amines) is 1. The van der Waals surface area contributed by atoms with Crippen molar-refractivity contribution in [2.24, 2.45) is 5.92 Å². The zero-order chi connectivity index (χ0) is 16.6.